The van der Waals surface area contributed by atoms with Gasteiger partial charge in [0, 0.05) is 12.1 Å². The van der Waals surface area contributed by atoms with Gasteiger partial charge in [0.1, 0.15) is 5.52 Å². The average molecular weight is 366 g/mol. The molecule has 0 radical (unpaired) electrons. The number of ether oxygens (including phenoxy) is 2. The number of fused-ring (bicyclic) bond motifs is 1. The zero-order valence-electron chi connectivity index (χ0n) is 15.5. The number of aryl methyl sites for hydroxylation is 1. The molecule has 3 rings (SSSR count). The molecule has 140 valence electrons. The van der Waals surface area contributed by atoms with Crippen molar-refractivity contribution in [3.63, 3.8) is 0 Å². The lowest BCUT2D eigenvalue weighted by Gasteiger charge is -2.12. The van der Waals surface area contributed by atoms with Gasteiger partial charge in [-0.25, -0.2) is 4.98 Å². The summed E-state index contributed by atoms with van der Waals surface area (Å²) in [5.41, 5.74) is 3.11. The SMILES string of the molecule is C=CCc1ccc(OCC(=O)Nc2ccc3oc(CC)nc3c2)c(OC)c1. The average Bonchev–Trinajstić information content (AvgIpc) is 3.09. The number of methoxy groups -OCH3 is 1. The lowest BCUT2D eigenvalue weighted by Crippen LogP contribution is -2.20. The number of nitrogens with zero attached hydrogens (tertiary/aromatic N) is 1. The fraction of sp³-hybridized carbons (Fsp3) is 0.238. The molecule has 0 bridgehead atoms. The number of aromatic nitrogens is 1. The van der Waals surface area contributed by atoms with Crippen LogP contribution in [0.3, 0.4) is 0 Å². The zero-order chi connectivity index (χ0) is 19.2. The minimum absolute atomic E-state index is 0.131. The molecule has 0 spiro atoms. The number of nitrogens with one attached hydrogen (secondary N) is 1. The zero-order valence-corrected chi connectivity index (χ0v) is 15.5. The van der Waals surface area contributed by atoms with Crippen molar-refractivity contribution in [1.29, 1.82) is 0 Å². The Morgan fingerprint density at radius 2 is 2.11 bits per heavy atom. The largest absolute Gasteiger partial charge is 0.493 e. The molecule has 3 aromatic rings. The van der Waals surface area contributed by atoms with Gasteiger partial charge in [0.05, 0.1) is 7.11 Å². The van der Waals surface area contributed by atoms with E-state index < -0.39 is 0 Å². The lowest BCUT2D eigenvalue weighted by atomic mass is 10.1. The number of amides is 1. The van der Waals surface area contributed by atoms with Crippen molar-refractivity contribution in [2.75, 3.05) is 19.0 Å². The van der Waals surface area contributed by atoms with E-state index in [0.29, 0.717) is 34.2 Å². The maximum absolute atomic E-state index is 12.2. The monoisotopic (exact) mass is 366 g/mol. The Hall–Kier alpha value is -3.28. The van der Waals surface area contributed by atoms with Gasteiger partial charge in [0.25, 0.3) is 5.91 Å². The summed E-state index contributed by atoms with van der Waals surface area (Å²) in [5, 5.41) is 2.80. The van der Waals surface area contributed by atoms with Crippen molar-refractivity contribution in [2.45, 2.75) is 19.8 Å². The number of benzene rings is 2. The third-order valence-corrected chi connectivity index (χ3v) is 3.98. The number of carbonyl (C=O) groups is 1. The van der Waals surface area contributed by atoms with Crippen molar-refractivity contribution in [3.05, 3.63) is 60.5 Å². The van der Waals surface area contributed by atoms with Gasteiger partial charge >= 0.3 is 0 Å². The van der Waals surface area contributed by atoms with Crippen LogP contribution in [0.2, 0.25) is 0 Å². The number of hydrogen-bond donors (Lipinski definition) is 1. The van der Waals surface area contributed by atoms with Crippen LogP contribution in [0.15, 0.2) is 53.5 Å². The van der Waals surface area contributed by atoms with Gasteiger partial charge in [-0.15, -0.1) is 6.58 Å². The standard InChI is InChI=1S/C21H22N2O4/c1-4-6-14-7-9-18(19(11-14)25-3)26-13-20(24)22-15-8-10-17-16(12-15)23-21(5-2)27-17/h4,7-12H,1,5-6,13H2,2-3H3,(H,22,24). The first-order valence-corrected chi connectivity index (χ1v) is 8.73. The summed E-state index contributed by atoms with van der Waals surface area (Å²) in [6.07, 6.45) is 3.27. The van der Waals surface area contributed by atoms with Crippen LogP contribution in [0.25, 0.3) is 11.1 Å². The fourth-order valence-electron chi connectivity index (χ4n) is 2.67. The maximum atomic E-state index is 12.2. The van der Waals surface area contributed by atoms with E-state index in [4.69, 9.17) is 13.9 Å². The van der Waals surface area contributed by atoms with Gasteiger partial charge < -0.3 is 19.2 Å². The van der Waals surface area contributed by atoms with E-state index in [1.165, 1.54) is 0 Å². The summed E-state index contributed by atoms with van der Waals surface area (Å²) < 4.78 is 16.5. The molecular formula is C21H22N2O4. The first-order valence-electron chi connectivity index (χ1n) is 8.73. The molecule has 0 aliphatic heterocycles. The smallest absolute Gasteiger partial charge is 0.262 e. The summed E-state index contributed by atoms with van der Waals surface area (Å²) in [6.45, 7) is 5.57. The highest BCUT2D eigenvalue weighted by Gasteiger charge is 2.10. The molecule has 0 saturated carbocycles. The predicted molar refractivity (Wildman–Crippen MR) is 104 cm³/mol. The van der Waals surface area contributed by atoms with E-state index in [9.17, 15) is 4.79 Å². The Bertz CT molecular complexity index is 962. The van der Waals surface area contributed by atoms with Gasteiger partial charge in [-0.3, -0.25) is 4.79 Å². The van der Waals surface area contributed by atoms with E-state index in [1.807, 2.05) is 25.1 Å². The predicted octanol–water partition coefficient (Wildman–Crippen LogP) is 4.14. The summed E-state index contributed by atoms with van der Waals surface area (Å²) >= 11 is 0. The summed E-state index contributed by atoms with van der Waals surface area (Å²) in [5.74, 6) is 1.49. The molecule has 2 aromatic carbocycles. The highest BCUT2D eigenvalue weighted by molar-refractivity contribution is 5.93. The van der Waals surface area contributed by atoms with Crippen molar-refractivity contribution in [3.8, 4) is 11.5 Å². The molecule has 6 nitrogen and oxygen atoms in total. The van der Waals surface area contributed by atoms with Crippen LogP contribution in [0.1, 0.15) is 18.4 Å². The van der Waals surface area contributed by atoms with Gasteiger partial charge in [0.15, 0.2) is 29.6 Å². The Labute approximate surface area is 157 Å². The lowest BCUT2D eigenvalue weighted by molar-refractivity contribution is -0.118. The van der Waals surface area contributed by atoms with Crippen LogP contribution >= 0.6 is 0 Å². The van der Waals surface area contributed by atoms with E-state index >= 15 is 0 Å². The minimum atomic E-state index is -0.272. The molecule has 1 aromatic heterocycles. The number of carbonyl (C=O) groups excluding carboxylic acids is 1. The molecule has 1 amide bonds. The van der Waals surface area contributed by atoms with Crippen LogP contribution in [-0.2, 0) is 17.6 Å². The third kappa shape index (κ3) is 4.47. The molecule has 0 aliphatic carbocycles. The first-order chi connectivity index (χ1) is 13.1. The van der Waals surface area contributed by atoms with Gasteiger partial charge in [-0.2, -0.15) is 0 Å². The van der Waals surface area contributed by atoms with E-state index in [2.05, 4.69) is 16.9 Å². The quantitative estimate of drug-likeness (QED) is 0.607. The second kappa shape index (κ2) is 8.40. The second-order valence-corrected chi connectivity index (χ2v) is 5.96. The Kier molecular flexibility index (Phi) is 5.76. The summed E-state index contributed by atoms with van der Waals surface area (Å²) in [4.78, 5) is 16.6. The Morgan fingerprint density at radius 1 is 1.26 bits per heavy atom. The number of hydrogen-bond acceptors (Lipinski definition) is 5. The summed E-state index contributed by atoms with van der Waals surface area (Å²) in [7, 11) is 1.57. The van der Waals surface area contributed by atoms with E-state index in [-0.39, 0.29) is 12.5 Å². The highest BCUT2D eigenvalue weighted by atomic mass is 16.5. The molecule has 6 heteroatoms. The normalized spacial score (nSPS) is 10.6. The van der Waals surface area contributed by atoms with Crippen molar-refractivity contribution in [2.24, 2.45) is 0 Å². The third-order valence-electron chi connectivity index (χ3n) is 3.98. The topological polar surface area (TPSA) is 73.6 Å². The van der Waals surface area contributed by atoms with Gasteiger partial charge in [0.2, 0.25) is 0 Å². The number of rotatable bonds is 8. The van der Waals surface area contributed by atoms with Gasteiger partial charge in [-0.05, 0) is 42.3 Å². The van der Waals surface area contributed by atoms with E-state index in [0.717, 1.165) is 18.4 Å². The molecule has 0 fully saturated rings. The first kappa shape index (κ1) is 18.5. The highest BCUT2D eigenvalue weighted by Crippen LogP contribution is 2.28. The number of oxazole rings is 1. The van der Waals surface area contributed by atoms with Crippen LogP contribution in [0.5, 0.6) is 11.5 Å². The number of anilines is 1. The van der Waals surface area contributed by atoms with Crippen LogP contribution < -0.4 is 14.8 Å². The molecular weight excluding hydrogens is 344 g/mol. The maximum Gasteiger partial charge on any atom is 0.262 e. The molecule has 0 saturated heterocycles. The molecule has 0 atom stereocenters. The van der Waals surface area contributed by atoms with Gasteiger partial charge in [-0.1, -0.05) is 19.1 Å². The Balaban J connectivity index is 1.63. The molecule has 0 unspecified atom stereocenters. The Morgan fingerprint density at radius 3 is 2.85 bits per heavy atom. The van der Waals surface area contributed by atoms with Crippen LogP contribution in [0, 0.1) is 0 Å². The molecule has 1 N–H and O–H groups in total. The van der Waals surface area contributed by atoms with Crippen molar-refractivity contribution < 1.29 is 18.7 Å². The fourth-order valence-corrected chi connectivity index (χ4v) is 2.67. The van der Waals surface area contributed by atoms with Crippen molar-refractivity contribution >= 4 is 22.7 Å². The second-order valence-electron chi connectivity index (χ2n) is 5.96. The molecule has 0 aliphatic rings. The number of allylic oxidation sites excluding steroid dienone is 1. The van der Waals surface area contributed by atoms with Crippen LogP contribution in [0.4, 0.5) is 5.69 Å². The van der Waals surface area contributed by atoms with E-state index in [1.54, 1.807) is 31.4 Å². The molecule has 1 heterocycles. The van der Waals surface area contributed by atoms with Crippen molar-refractivity contribution in [1.82, 2.24) is 4.98 Å². The molecule has 27 heavy (non-hydrogen) atoms. The van der Waals surface area contributed by atoms with Crippen LogP contribution in [-0.4, -0.2) is 24.6 Å². The summed E-state index contributed by atoms with van der Waals surface area (Å²) in [6, 6.07) is 10.9. The minimum Gasteiger partial charge on any atom is -0.493 e.